The summed E-state index contributed by atoms with van der Waals surface area (Å²) < 4.78 is 0. The van der Waals surface area contributed by atoms with Crippen LogP contribution in [0.5, 0.6) is 0 Å². The molecule has 1 aromatic carbocycles. The minimum absolute atomic E-state index is 0.0144. The molecule has 1 aliphatic rings. The number of nitrogens with zero attached hydrogens (tertiary/aromatic N) is 1. The van der Waals surface area contributed by atoms with E-state index in [0.29, 0.717) is 11.3 Å². The van der Waals surface area contributed by atoms with Crippen molar-refractivity contribution in [3.05, 3.63) is 52.2 Å². The lowest BCUT2D eigenvalue weighted by Gasteiger charge is -2.32. The summed E-state index contributed by atoms with van der Waals surface area (Å²) in [4.78, 5) is 16.9. The molecule has 25 heavy (non-hydrogen) atoms. The molecule has 2 aromatic rings. The number of nitriles is 1. The zero-order valence-electron chi connectivity index (χ0n) is 14.4. The van der Waals surface area contributed by atoms with Crippen molar-refractivity contribution < 1.29 is 14.6 Å². The van der Waals surface area contributed by atoms with Crippen molar-refractivity contribution >= 4 is 22.9 Å². The summed E-state index contributed by atoms with van der Waals surface area (Å²) in [5.41, 5.74) is 1.10. The van der Waals surface area contributed by atoms with E-state index in [1.54, 1.807) is 23.1 Å². The Hall–Kier alpha value is -2.20. The molecule has 1 aromatic heterocycles. The molecule has 0 unspecified atom stereocenters. The molecular formula is C19H24N4OS+2. The molecule has 2 heterocycles. The van der Waals surface area contributed by atoms with E-state index in [4.69, 9.17) is 5.26 Å². The van der Waals surface area contributed by atoms with E-state index in [0.717, 1.165) is 32.7 Å². The Kier molecular flexibility index (Phi) is 5.82. The van der Waals surface area contributed by atoms with Gasteiger partial charge in [-0.15, -0.1) is 11.3 Å². The van der Waals surface area contributed by atoms with Crippen LogP contribution in [0.25, 0.3) is 0 Å². The molecular weight excluding hydrogens is 332 g/mol. The fraction of sp³-hybridized carbons (Fsp3) is 0.368. The van der Waals surface area contributed by atoms with Crippen LogP contribution in [-0.2, 0) is 11.3 Å². The van der Waals surface area contributed by atoms with Gasteiger partial charge in [0.1, 0.15) is 38.8 Å². The predicted octanol–water partition coefficient (Wildman–Crippen LogP) is -0.0696. The van der Waals surface area contributed by atoms with Gasteiger partial charge in [0.05, 0.1) is 16.1 Å². The first kappa shape index (κ1) is 17.6. The van der Waals surface area contributed by atoms with Gasteiger partial charge < -0.3 is 15.1 Å². The zero-order chi connectivity index (χ0) is 17.6. The minimum atomic E-state index is -0.116. The molecule has 3 N–H and O–H groups in total. The number of amides is 1. The van der Waals surface area contributed by atoms with E-state index < -0.39 is 0 Å². The molecule has 3 rings (SSSR count). The van der Waals surface area contributed by atoms with Crippen LogP contribution in [0.4, 0.5) is 5.69 Å². The monoisotopic (exact) mass is 356 g/mol. The summed E-state index contributed by atoms with van der Waals surface area (Å²) in [6.07, 6.45) is 0. The lowest BCUT2D eigenvalue weighted by Crippen LogP contribution is -3.29. The van der Waals surface area contributed by atoms with Crippen molar-refractivity contribution in [3.8, 4) is 6.07 Å². The van der Waals surface area contributed by atoms with Crippen LogP contribution in [0.15, 0.2) is 41.8 Å². The number of rotatable bonds is 5. The maximum Gasteiger partial charge on any atom is 0.282 e. The van der Waals surface area contributed by atoms with Crippen molar-refractivity contribution in [1.82, 2.24) is 0 Å². The number of nitrogens with one attached hydrogen (secondary N) is 3. The lowest BCUT2D eigenvalue weighted by molar-refractivity contribution is -1.02. The number of thiophene rings is 1. The Labute approximate surface area is 152 Å². The van der Waals surface area contributed by atoms with E-state index in [1.807, 2.05) is 24.3 Å². The topological polar surface area (TPSA) is 61.8 Å². The van der Waals surface area contributed by atoms with Gasteiger partial charge in [-0.05, 0) is 30.5 Å². The average molecular weight is 356 g/mol. The van der Waals surface area contributed by atoms with E-state index in [1.165, 1.54) is 9.78 Å². The van der Waals surface area contributed by atoms with Gasteiger partial charge >= 0.3 is 0 Å². The fourth-order valence-electron chi connectivity index (χ4n) is 3.31. The standard InChI is InChI=1S/C19H22N4OS/c1-15(19(24)21-18-7-3-2-5-16(18)13-20)23-10-8-22(9-11-23)14-17-6-4-12-25-17/h2-7,12,15H,8-11,14H2,1H3,(H,21,24)/p+2/t15-/m0/s1. The first-order valence-corrected chi connectivity index (χ1v) is 9.56. The average Bonchev–Trinajstić information content (AvgIpc) is 3.15. The van der Waals surface area contributed by atoms with Gasteiger partial charge in [0.25, 0.3) is 5.91 Å². The molecule has 0 bridgehead atoms. The van der Waals surface area contributed by atoms with Gasteiger partial charge in [-0.1, -0.05) is 18.2 Å². The molecule has 1 fully saturated rings. The lowest BCUT2D eigenvalue weighted by atomic mass is 10.1. The SMILES string of the molecule is C[C@@H](C(=O)Nc1ccccc1C#N)[NH+]1CC[NH+](Cc2cccs2)CC1. The molecule has 0 aliphatic carbocycles. The van der Waals surface area contributed by atoms with Crippen LogP contribution in [-0.4, -0.2) is 38.1 Å². The number of hydrogen-bond donors (Lipinski definition) is 3. The second kappa shape index (κ2) is 8.26. The van der Waals surface area contributed by atoms with Crippen molar-refractivity contribution in [2.45, 2.75) is 19.5 Å². The maximum absolute atomic E-state index is 12.6. The van der Waals surface area contributed by atoms with E-state index in [2.05, 4.69) is 28.9 Å². The summed E-state index contributed by atoms with van der Waals surface area (Å²) in [5, 5.41) is 14.2. The van der Waals surface area contributed by atoms with Crippen molar-refractivity contribution in [2.24, 2.45) is 0 Å². The van der Waals surface area contributed by atoms with Crippen molar-refractivity contribution in [2.75, 3.05) is 31.5 Å². The maximum atomic E-state index is 12.6. The zero-order valence-corrected chi connectivity index (χ0v) is 15.2. The van der Waals surface area contributed by atoms with Crippen LogP contribution < -0.4 is 15.1 Å². The van der Waals surface area contributed by atoms with Gasteiger partial charge in [0.15, 0.2) is 6.04 Å². The summed E-state index contributed by atoms with van der Waals surface area (Å²) in [7, 11) is 0. The molecule has 6 heteroatoms. The smallest absolute Gasteiger partial charge is 0.282 e. The van der Waals surface area contributed by atoms with E-state index in [-0.39, 0.29) is 11.9 Å². The van der Waals surface area contributed by atoms with Gasteiger partial charge in [-0.3, -0.25) is 4.79 Å². The summed E-state index contributed by atoms with van der Waals surface area (Å²) in [6, 6.07) is 13.4. The molecule has 0 saturated carbocycles. The number of carbonyl (C=O) groups is 1. The highest BCUT2D eigenvalue weighted by Crippen LogP contribution is 2.13. The fourth-order valence-corrected chi connectivity index (χ4v) is 4.09. The van der Waals surface area contributed by atoms with Gasteiger partial charge in [0, 0.05) is 0 Å². The predicted molar refractivity (Wildman–Crippen MR) is 98.7 cm³/mol. The van der Waals surface area contributed by atoms with Crippen LogP contribution in [0.2, 0.25) is 0 Å². The van der Waals surface area contributed by atoms with Gasteiger partial charge in [-0.2, -0.15) is 5.26 Å². The highest BCUT2D eigenvalue weighted by Gasteiger charge is 2.31. The number of benzene rings is 1. The van der Waals surface area contributed by atoms with Crippen LogP contribution in [0, 0.1) is 11.3 Å². The summed E-state index contributed by atoms with van der Waals surface area (Å²) >= 11 is 1.82. The highest BCUT2D eigenvalue weighted by molar-refractivity contribution is 7.09. The number of quaternary nitrogens is 2. The number of piperazine rings is 1. The Morgan fingerprint density at radius 2 is 2.00 bits per heavy atom. The Morgan fingerprint density at radius 3 is 2.68 bits per heavy atom. The molecule has 1 atom stereocenters. The highest BCUT2D eigenvalue weighted by atomic mass is 32.1. The van der Waals surface area contributed by atoms with Crippen LogP contribution >= 0.6 is 11.3 Å². The van der Waals surface area contributed by atoms with Crippen LogP contribution in [0.3, 0.4) is 0 Å². The van der Waals surface area contributed by atoms with Crippen molar-refractivity contribution in [3.63, 3.8) is 0 Å². The number of hydrogen-bond acceptors (Lipinski definition) is 3. The third-order valence-electron chi connectivity index (χ3n) is 4.91. The van der Waals surface area contributed by atoms with Gasteiger partial charge in [0.2, 0.25) is 0 Å². The molecule has 130 valence electrons. The first-order valence-electron chi connectivity index (χ1n) is 8.68. The molecule has 0 spiro atoms. The Bertz CT molecular complexity index is 745. The van der Waals surface area contributed by atoms with Crippen molar-refractivity contribution in [1.29, 1.82) is 5.26 Å². The molecule has 1 aliphatic heterocycles. The minimum Gasteiger partial charge on any atom is -0.321 e. The summed E-state index contributed by atoms with van der Waals surface area (Å²) in [5.74, 6) is -0.0144. The normalized spacial score (nSPS) is 21.3. The number of carbonyl (C=O) groups excluding carboxylic acids is 1. The second-order valence-electron chi connectivity index (χ2n) is 6.53. The summed E-state index contributed by atoms with van der Waals surface area (Å²) in [6.45, 7) is 7.22. The Balaban J connectivity index is 1.52. The quantitative estimate of drug-likeness (QED) is 0.702. The third-order valence-corrected chi connectivity index (χ3v) is 5.79. The van der Waals surface area contributed by atoms with E-state index in [9.17, 15) is 4.79 Å². The second-order valence-corrected chi connectivity index (χ2v) is 7.56. The molecule has 5 nitrogen and oxygen atoms in total. The number of anilines is 1. The molecule has 1 saturated heterocycles. The van der Waals surface area contributed by atoms with Gasteiger partial charge in [-0.25, -0.2) is 0 Å². The first-order chi connectivity index (χ1) is 12.2. The number of para-hydroxylation sites is 1. The molecule has 0 radical (unpaired) electrons. The molecule has 1 amide bonds. The van der Waals surface area contributed by atoms with Crippen LogP contribution in [0.1, 0.15) is 17.4 Å². The third kappa shape index (κ3) is 4.45. The largest absolute Gasteiger partial charge is 0.321 e. The Morgan fingerprint density at radius 1 is 1.24 bits per heavy atom. The van der Waals surface area contributed by atoms with E-state index >= 15 is 0 Å².